The van der Waals surface area contributed by atoms with Crippen LogP contribution < -0.4 is 34.3 Å². The summed E-state index contributed by atoms with van der Waals surface area (Å²) in [6, 6.07) is 6.33. The molecule has 1 aliphatic carbocycles. The van der Waals surface area contributed by atoms with Crippen LogP contribution in [0.25, 0.3) is 0 Å². The Bertz CT molecular complexity index is 1510. The van der Waals surface area contributed by atoms with Crippen LogP contribution in [0.2, 0.25) is 0 Å². The van der Waals surface area contributed by atoms with E-state index in [1.54, 1.807) is 33.8 Å². The molecule has 0 unspecified atom stereocenters. The molecule has 14 heteroatoms. The van der Waals surface area contributed by atoms with E-state index in [1.807, 2.05) is 0 Å². The first-order valence-electron chi connectivity index (χ1n) is 15.2. The summed E-state index contributed by atoms with van der Waals surface area (Å²) < 4.78 is 84.6. The molecular weight excluding hydrogens is 616 g/mol. The Morgan fingerprint density at radius 2 is 1.65 bits per heavy atom. The van der Waals surface area contributed by atoms with Crippen molar-refractivity contribution in [1.29, 1.82) is 0 Å². The van der Waals surface area contributed by atoms with Crippen molar-refractivity contribution >= 4 is 12.0 Å². The molecule has 10 nitrogen and oxygen atoms in total. The summed E-state index contributed by atoms with van der Waals surface area (Å²) in [5, 5.41) is 6.01. The number of hydrogen-bond donors (Lipinski definition) is 2. The van der Waals surface area contributed by atoms with Gasteiger partial charge in [-0.05, 0) is 77.5 Å². The Morgan fingerprint density at radius 1 is 0.957 bits per heavy atom. The number of carbonyl (C=O) groups is 2. The van der Waals surface area contributed by atoms with E-state index >= 15 is 0 Å². The SMILES string of the molecule is CC(C)(C)OC(=O)NC1CCC([C@H]2C[C@@H](NC(=O)[C@@]3(C)COc4cc5c(cc43)OC(F)(F)O5)c3ccc(OC(F)F)cc3O2)CC1. The van der Waals surface area contributed by atoms with Crippen molar-refractivity contribution in [2.45, 2.75) is 102 Å². The largest absolute Gasteiger partial charge is 0.586 e. The van der Waals surface area contributed by atoms with Crippen molar-refractivity contribution in [2.75, 3.05) is 6.61 Å². The van der Waals surface area contributed by atoms with E-state index in [4.69, 9.17) is 14.2 Å². The highest BCUT2D eigenvalue weighted by atomic mass is 19.3. The monoisotopic (exact) mass is 652 g/mol. The molecule has 3 heterocycles. The molecule has 1 fully saturated rings. The zero-order valence-corrected chi connectivity index (χ0v) is 25.8. The first kappa shape index (κ1) is 31.9. The lowest BCUT2D eigenvalue weighted by Gasteiger charge is -2.40. The van der Waals surface area contributed by atoms with Gasteiger partial charge in [0.2, 0.25) is 5.91 Å². The number of fused-ring (bicyclic) bond motifs is 3. The standard InChI is InChI=1S/C32H36F4N2O8/c1-30(2,3)46-29(40)37-17-7-5-16(6-8-17)22-13-21(19-10-9-18(42-28(33)34)11-23(19)43-22)38-27(39)31(4)15-41-24-14-26-25(12-20(24)31)44-32(35,36)45-26/h9-12,14,16-17,21-22,28H,5-8,13,15H2,1-4H3,(H,37,40)(H,38,39)/t16?,17?,21-,22-,31+/m1/s1. The molecule has 0 saturated heterocycles. The van der Waals surface area contributed by atoms with Crippen molar-refractivity contribution in [3.63, 3.8) is 0 Å². The van der Waals surface area contributed by atoms with E-state index < -0.39 is 42.0 Å². The maximum atomic E-state index is 13.9. The topological polar surface area (TPSA) is 114 Å². The van der Waals surface area contributed by atoms with E-state index in [9.17, 15) is 27.2 Å². The predicted molar refractivity (Wildman–Crippen MR) is 154 cm³/mol. The number of nitrogens with one attached hydrogen (secondary N) is 2. The number of benzene rings is 2. The highest BCUT2D eigenvalue weighted by molar-refractivity contribution is 5.90. The van der Waals surface area contributed by atoms with E-state index in [-0.39, 0.29) is 47.7 Å². The number of halogens is 4. The smallest absolute Gasteiger partial charge is 0.492 e. The second kappa shape index (κ2) is 11.6. The summed E-state index contributed by atoms with van der Waals surface area (Å²) in [5.74, 6) is -0.299. The number of ether oxygens (including phenoxy) is 6. The van der Waals surface area contributed by atoms with Gasteiger partial charge in [0.05, 0.1) is 6.04 Å². The molecule has 0 aromatic heterocycles. The Morgan fingerprint density at radius 3 is 2.33 bits per heavy atom. The van der Waals surface area contributed by atoms with E-state index in [1.165, 1.54) is 24.3 Å². The molecule has 2 aromatic rings. The highest BCUT2D eigenvalue weighted by Crippen LogP contribution is 2.50. The van der Waals surface area contributed by atoms with Crippen molar-refractivity contribution in [1.82, 2.24) is 10.6 Å². The average molecular weight is 653 g/mol. The maximum absolute atomic E-state index is 13.9. The van der Waals surface area contributed by atoms with Gasteiger partial charge in [-0.2, -0.15) is 8.78 Å². The number of amides is 2. The minimum absolute atomic E-state index is 0.0523. The van der Waals surface area contributed by atoms with Crippen LogP contribution in [0.15, 0.2) is 30.3 Å². The summed E-state index contributed by atoms with van der Waals surface area (Å²) >= 11 is 0. The van der Waals surface area contributed by atoms with Crippen LogP contribution in [0, 0.1) is 5.92 Å². The second-order valence-electron chi connectivity index (χ2n) is 13.3. The predicted octanol–water partition coefficient (Wildman–Crippen LogP) is 6.35. The summed E-state index contributed by atoms with van der Waals surface area (Å²) in [4.78, 5) is 26.2. The van der Waals surface area contributed by atoms with Gasteiger partial charge < -0.3 is 39.1 Å². The fourth-order valence-corrected chi connectivity index (χ4v) is 6.52. The van der Waals surface area contributed by atoms with Gasteiger partial charge in [0.1, 0.15) is 41.0 Å². The van der Waals surface area contributed by atoms with Gasteiger partial charge in [-0.25, -0.2) is 4.79 Å². The van der Waals surface area contributed by atoms with Gasteiger partial charge in [-0.15, -0.1) is 8.78 Å². The van der Waals surface area contributed by atoms with E-state index in [0.29, 0.717) is 49.0 Å². The minimum Gasteiger partial charge on any atom is -0.492 e. The van der Waals surface area contributed by atoms with Crippen molar-refractivity contribution in [2.24, 2.45) is 5.92 Å². The lowest BCUT2D eigenvalue weighted by molar-refractivity contribution is -0.286. The fourth-order valence-electron chi connectivity index (χ4n) is 6.52. The molecule has 2 aromatic carbocycles. The highest BCUT2D eigenvalue weighted by Gasteiger charge is 2.49. The van der Waals surface area contributed by atoms with Crippen LogP contribution >= 0.6 is 0 Å². The quantitative estimate of drug-likeness (QED) is 0.347. The third-order valence-corrected chi connectivity index (χ3v) is 8.77. The molecule has 46 heavy (non-hydrogen) atoms. The summed E-state index contributed by atoms with van der Waals surface area (Å²) in [7, 11) is 0. The first-order chi connectivity index (χ1) is 21.6. The van der Waals surface area contributed by atoms with Gasteiger partial charge in [0.25, 0.3) is 0 Å². The fraction of sp³-hybridized carbons (Fsp3) is 0.562. The van der Waals surface area contributed by atoms with Crippen LogP contribution in [-0.4, -0.2) is 49.3 Å². The third-order valence-electron chi connectivity index (χ3n) is 8.77. The Labute approximate surface area is 263 Å². The molecule has 2 amide bonds. The minimum atomic E-state index is -3.82. The molecular formula is C32H36F4N2O8. The van der Waals surface area contributed by atoms with Crippen molar-refractivity contribution in [3.8, 4) is 28.7 Å². The molecule has 0 spiro atoms. The number of carbonyl (C=O) groups excluding carboxylic acids is 2. The number of hydrogen-bond acceptors (Lipinski definition) is 8. The number of alkyl carbamates (subject to hydrolysis) is 1. The molecule has 3 atom stereocenters. The Hall–Kier alpha value is -4.10. The molecule has 6 rings (SSSR count). The van der Waals surface area contributed by atoms with Crippen LogP contribution in [-0.2, 0) is 14.9 Å². The lowest BCUT2D eigenvalue weighted by Crippen LogP contribution is -2.48. The van der Waals surface area contributed by atoms with Gasteiger partial charge in [-0.3, -0.25) is 4.79 Å². The number of rotatable bonds is 6. The molecule has 0 bridgehead atoms. The first-order valence-corrected chi connectivity index (χ1v) is 15.2. The van der Waals surface area contributed by atoms with E-state index in [0.717, 1.165) is 0 Å². The molecule has 250 valence electrons. The third kappa shape index (κ3) is 6.57. The van der Waals surface area contributed by atoms with Gasteiger partial charge in [-0.1, -0.05) is 0 Å². The van der Waals surface area contributed by atoms with Gasteiger partial charge in [0.15, 0.2) is 11.5 Å². The van der Waals surface area contributed by atoms with Crippen LogP contribution in [0.4, 0.5) is 22.4 Å². The van der Waals surface area contributed by atoms with Gasteiger partial charge >= 0.3 is 19.0 Å². The van der Waals surface area contributed by atoms with Crippen LogP contribution in [0.1, 0.15) is 77.0 Å². The molecule has 0 radical (unpaired) electrons. The Kier molecular flexibility index (Phi) is 8.04. The second-order valence-corrected chi connectivity index (χ2v) is 13.3. The maximum Gasteiger partial charge on any atom is 0.586 e. The summed E-state index contributed by atoms with van der Waals surface area (Å²) in [5.41, 5.74) is -0.925. The van der Waals surface area contributed by atoms with Crippen molar-refractivity contribution in [3.05, 3.63) is 41.5 Å². The average Bonchev–Trinajstić information content (AvgIpc) is 3.44. The molecule has 3 aliphatic heterocycles. The van der Waals surface area contributed by atoms with Crippen LogP contribution in [0.3, 0.4) is 0 Å². The number of alkyl halides is 4. The van der Waals surface area contributed by atoms with Crippen LogP contribution in [0.5, 0.6) is 28.7 Å². The summed E-state index contributed by atoms with van der Waals surface area (Å²) in [6.07, 6.45) is -1.49. The molecule has 2 N–H and O–H groups in total. The lowest BCUT2D eigenvalue weighted by atomic mass is 9.78. The molecule has 1 saturated carbocycles. The zero-order valence-electron chi connectivity index (χ0n) is 25.8. The molecule has 4 aliphatic rings. The summed E-state index contributed by atoms with van der Waals surface area (Å²) in [6.45, 7) is 3.95. The van der Waals surface area contributed by atoms with E-state index in [2.05, 4.69) is 24.8 Å². The van der Waals surface area contributed by atoms with Gasteiger partial charge in [0, 0.05) is 35.7 Å². The zero-order chi connectivity index (χ0) is 33.0. The Balaban J connectivity index is 1.19. The normalized spacial score (nSPS) is 27.5. The van der Waals surface area contributed by atoms with Crippen molar-refractivity contribution < 1.29 is 55.6 Å².